The van der Waals surface area contributed by atoms with Crippen LogP contribution in [-0.4, -0.2) is 16.1 Å². The summed E-state index contributed by atoms with van der Waals surface area (Å²) in [5, 5.41) is 13.8. The molecule has 0 bridgehead atoms. The first-order valence-corrected chi connectivity index (χ1v) is 6.97. The molecule has 0 aliphatic rings. The van der Waals surface area contributed by atoms with E-state index in [9.17, 15) is 4.79 Å². The number of rotatable bonds is 4. The van der Waals surface area contributed by atoms with Gasteiger partial charge in [0.05, 0.1) is 17.0 Å². The Balaban J connectivity index is 2.26. The van der Waals surface area contributed by atoms with Crippen molar-refractivity contribution < 1.29 is 9.90 Å². The van der Waals surface area contributed by atoms with E-state index in [0.717, 1.165) is 15.6 Å². The number of thiazole rings is 1. The summed E-state index contributed by atoms with van der Waals surface area (Å²) in [6.07, 6.45) is 0.0978. The summed E-state index contributed by atoms with van der Waals surface area (Å²) in [7, 11) is 0. The number of nitrogens with zero attached hydrogens (tertiary/aromatic N) is 1. The Bertz CT molecular complexity index is 514. The van der Waals surface area contributed by atoms with Gasteiger partial charge in [-0.1, -0.05) is 19.9 Å². The van der Waals surface area contributed by atoms with Gasteiger partial charge in [-0.15, -0.1) is 22.7 Å². The molecule has 0 saturated carbocycles. The molecule has 0 amide bonds. The first-order valence-electron chi connectivity index (χ1n) is 5.21. The number of carboxylic acid groups (broad SMARTS) is 1. The molecule has 0 unspecified atom stereocenters. The van der Waals surface area contributed by atoms with Crippen molar-refractivity contribution in [3.63, 3.8) is 0 Å². The fraction of sp³-hybridized carbons (Fsp3) is 0.333. The average molecular weight is 267 g/mol. The van der Waals surface area contributed by atoms with Crippen LogP contribution in [0, 0.1) is 0 Å². The van der Waals surface area contributed by atoms with Crippen molar-refractivity contribution in [3.8, 4) is 9.88 Å². The van der Waals surface area contributed by atoms with Crippen LogP contribution in [0.1, 0.15) is 26.0 Å². The van der Waals surface area contributed by atoms with Crippen molar-refractivity contribution in [3.05, 3.63) is 28.6 Å². The van der Waals surface area contributed by atoms with Crippen molar-refractivity contribution in [2.75, 3.05) is 0 Å². The third-order valence-electron chi connectivity index (χ3n) is 2.52. The van der Waals surface area contributed by atoms with E-state index < -0.39 is 11.4 Å². The Morgan fingerprint density at radius 3 is 2.82 bits per heavy atom. The standard InChI is InChI=1S/C12H13NO2S2/c1-12(2,6-10(14)15)9-7-17-11(13-9)8-4-3-5-16-8/h3-5,7H,6H2,1-2H3,(H,14,15). The molecular weight excluding hydrogens is 254 g/mol. The predicted molar refractivity (Wildman–Crippen MR) is 70.7 cm³/mol. The molecule has 0 radical (unpaired) electrons. The lowest BCUT2D eigenvalue weighted by molar-refractivity contribution is -0.138. The number of hydrogen-bond acceptors (Lipinski definition) is 4. The van der Waals surface area contributed by atoms with Crippen LogP contribution < -0.4 is 0 Å². The summed E-state index contributed by atoms with van der Waals surface area (Å²) < 4.78 is 0. The van der Waals surface area contributed by atoms with Crippen molar-refractivity contribution in [1.29, 1.82) is 0 Å². The van der Waals surface area contributed by atoms with Crippen LogP contribution in [0.15, 0.2) is 22.9 Å². The Labute approximate surface area is 108 Å². The van der Waals surface area contributed by atoms with Gasteiger partial charge in [-0.25, -0.2) is 4.98 Å². The SMILES string of the molecule is CC(C)(CC(=O)O)c1csc(-c2cccs2)n1. The predicted octanol–water partition coefficient (Wildman–Crippen LogP) is 3.62. The monoisotopic (exact) mass is 267 g/mol. The van der Waals surface area contributed by atoms with Gasteiger partial charge in [-0.2, -0.15) is 0 Å². The highest BCUT2D eigenvalue weighted by Crippen LogP contribution is 2.33. The second kappa shape index (κ2) is 4.58. The van der Waals surface area contributed by atoms with Crippen LogP contribution in [0.2, 0.25) is 0 Å². The Kier molecular flexibility index (Phi) is 3.31. The third-order valence-corrected chi connectivity index (χ3v) is 4.40. The molecule has 0 saturated heterocycles. The number of hydrogen-bond donors (Lipinski definition) is 1. The van der Waals surface area contributed by atoms with Gasteiger partial charge in [0.25, 0.3) is 0 Å². The van der Waals surface area contributed by atoms with Crippen molar-refractivity contribution in [1.82, 2.24) is 4.98 Å². The van der Waals surface area contributed by atoms with Crippen LogP contribution in [0.25, 0.3) is 9.88 Å². The first-order chi connectivity index (χ1) is 7.99. The molecule has 0 fully saturated rings. The van der Waals surface area contributed by atoms with Crippen LogP contribution in [0.3, 0.4) is 0 Å². The largest absolute Gasteiger partial charge is 0.481 e. The van der Waals surface area contributed by atoms with E-state index in [0.29, 0.717) is 0 Å². The zero-order chi connectivity index (χ0) is 12.5. The minimum Gasteiger partial charge on any atom is -0.481 e. The zero-order valence-corrected chi connectivity index (χ0v) is 11.3. The highest BCUT2D eigenvalue weighted by Gasteiger charge is 2.27. The lowest BCUT2D eigenvalue weighted by Gasteiger charge is -2.19. The number of thiophene rings is 1. The molecule has 0 aromatic carbocycles. The smallest absolute Gasteiger partial charge is 0.304 e. The maximum Gasteiger partial charge on any atom is 0.304 e. The van der Waals surface area contributed by atoms with E-state index in [1.807, 2.05) is 36.7 Å². The molecule has 17 heavy (non-hydrogen) atoms. The van der Waals surface area contributed by atoms with E-state index in [2.05, 4.69) is 4.98 Å². The summed E-state index contributed by atoms with van der Waals surface area (Å²) in [6.45, 7) is 3.82. The first kappa shape index (κ1) is 12.3. The van der Waals surface area contributed by atoms with Gasteiger partial charge in [0, 0.05) is 10.8 Å². The van der Waals surface area contributed by atoms with E-state index >= 15 is 0 Å². The second-order valence-corrected chi connectivity index (χ2v) is 6.28. The highest BCUT2D eigenvalue weighted by molar-refractivity contribution is 7.20. The number of carbonyl (C=O) groups is 1. The fourth-order valence-corrected chi connectivity index (χ4v) is 3.39. The maximum atomic E-state index is 10.8. The molecule has 5 heteroatoms. The topological polar surface area (TPSA) is 50.2 Å². The van der Waals surface area contributed by atoms with E-state index in [-0.39, 0.29) is 6.42 Å². The molecule has 0 spiro atoms. The summed E-state index contributed by atoms with van der Waals surface area (Å²) in [4.78, 5) is 16.5. The molecule has 0 atom stereocenters. The Morgan fingerprint density at radius 1 is 1.47 bits per heavy atom. The maximum absolute atomic E-state index is 10.8. The highest BCUT2D eigenvalue weighted by atomic mass is 32.1. The molecule has 0 aliphatic heterocycles. The molecule has 90 valence electrons. The van der Waals surface area contributed by atoms with Crippen LogP contribution in [0.5, 0.6) is 0 Å². The van der Waals surface area contributed by atoms with Gasteiger partial charge in [0.2, 0.25) is 0 Å². The molecule has 1 N–H and O–H groups in total. The van der Waals surface area contributed by atoms with Gasteiger partial charge >= 0.3 is 5.97 Å². The summed E-state index contributed by atoms with van der Waals surface area (Å²) >= 11 is 3.21. The minimum atomic E-state index is -0.791. The minimum absolute atomic E-state index is 0.0978. The zero-order valence-electron chi connectivity index (χ0n) is 9.64. The van der Waals surface area contributed by atoms with Crippen molar-refractivity contribution >= 4 is 28.6 Å². The molecule has 2 heterocycles. The molecular formula is C12H13NO2S2. The number of carboxylic acids is 1. The van der Waals surface area contributed by atoms with Crippen LogP contribution in [-0.2, 0) is 10.2 Å². The molecule has 0 aliphatic carbocycles. The van der Waals surface area contributed by atoms with E-state index in [4.69, 9.17) is 5.11 Å². The average Bonchev–Trinajstić information content (AvgIpc) is 2.87. The van der Waals surface area contributed by atoms with Crippen LogP contribution in [0.4, 0.5) is 0 Å². The lowest BCUT2D eigenvalue weighted by atomic mass is 9.86. The van der Waals surface area contributed by atoms with Gasteiger partial charge in [-0.05, 0) is 11.4 Å². The van der Waals surface area contributed by atoms with Gasteiger partial charge in [0.1, 0.15) is 5.01 Å². The number of aromatic nitrogens is 1. The lowest BCUT2D eigenvalue weighted by Crippen LogP contribution is -2.22. The second-order valence-electron chi connectivity index (χ2n) is 4.47. The summed E-state index contributed by atoms with van der Waals surface area (Å²) in [5.41, 5.74) is 0.436. The molecule has 2 rings (SSSR count). The molecule has 3 nitrogen and oxygen atoms in total. The van der Waals surface area contributed by atoms with E-state index in [1.165, 1.54) is 0 Å². The van der Waals surface area contributed by atoms with E-state index in [1.54, 1.807) is 22.7 Å². The van der Waals surface area contributed by atoms with Gasteiger partial charge in [0.15, 0.2) is 0 Å². The van der Waals surface area contributed by atoms with Gasteiger partial charge in [-0.3, -0.25) is 4.79 Å². The summed E-state index contributed by atoms with van der Waals surface area (Å²) in [5.74, 6) is -0.791. The normalized spacial score (nSPS) is 11.6. The Hall–Kier alpha value is -1.20. The van der Waals surface area contributed by atoms with Crippen molar-refractivity contribution in [2.24, 2.45) is 0 Å². The van der Waals surface area contributed by atoms with Gasteiger partial charge < -0.3 is 5.11 Å². The van der Waals surface area contributed by atoms with Crippen LogP contribution >= 0.6 is 22.7 Å². The fourth-order valence-electron chi connectivity index (χ4n) is 1.57. The summed E-state index contributed by atoms with van der Waals surface area (Å²) in [6, 6.07) is 4.01. The molecule has 2 aromatic rings. The Morgan fingerprint density at radius 2 is 2.24 bits per heavy atom. The third kappa shape index (κ3) is 2.73. The van der Waals surface area contributed by atoms with Crippen molar-refractivity contribution in [2.45, 2.75) is 25.7 Å². The number of aliphatic carboxylic acids is 1. The molecule has 2 aromatic heterocycles. The quantitative estimate of drug-likeness (QED) is 0.920.